The van der Waals surface area contributed by atoms with Crippen molar-refractivity contribution in [1.82, 2.24) is 4.98 Å². The van der Waals surface area contributed by atoms with Crippen molar-refractivity contribution in [2.45, 2.75) is 13.0 Å². The summed E-state index contributed by atoms with van der Waals surface area (Å²) in [4.78, 5) is 4.15. The molecule has 4 heteroatoms. The summed E-state index contributed by atoms with van der Waals surface area (Å²) < 4.78 is 0.854. The fourth-order valence-electron chi connectivity index (χ4n) is 1.65. The van der Waals surface area contributed by atoms with Gasteiger partial charge in [0.1, 0.15) is 0 Å². The summed E-state index contributed by atoms with van der Waals surface area (Å²) in [6.45, 7) is 2.00. The first-order valence-corrected chi connectivity index (χ1v) is 6.37. The molecule has 1 aromatic heterocycles. The van der Waals surface area contributed by atoms with Crippen LogP contribution in [-0.2, 0) is 0 Å². The number of pyridine rings is 1. The lowest BCUT2D eigenvalue weighted by molar-refractivity contribution is 0.860. The molecule has 2 rings (SSSR count). The standard InChI is InChI=1S/C13H12BrClN2/c1-8-4-10(7-17-6-8)13(16)9-2-3-12(15)11(14)5-9/h2-7,13H,16H2,1H3. The molecule has 0 aliphatic carbocycles. The first-order chi connectivity index (χ1) is 8.08. The molecule has 1 unspecified atom stereocenters. The summed E-state index contributed by atoms with van der Waals surface area (Å²) in [6, 6.07) is 7.57. The molecule has 0 aliphatic rings. The smallest absolute Gasteiger partial charge is 0.0567 e. The zero-order chi connectivity index (χ0) is 12.4. The van der Waals surface area contributed by atoms with Gasteiger partial charge in [-0.15, -0.1) is 0 Å². The minimum absolute atomic E-state index is 0.184. The number of hydrogen-bond donors (Lipinski definition) is 1. The number of nitrogens with two attached hydrogens (primary N) is 1. The normalized spacial score (nSPS) is 12.5. The lowest BCUT2D eigenvalue weighted by Crippen LogP contribution is -2.12. The predicted octanol–water partition coefficient (Wildman–Crippen LogP) is 3.85. The highest BCUT2D eigenvalue weighted by atomic mass is 79.9. The number of nitrogens with zero attached hydrogens (tertiary/aromatic N) is 1. The van der Waals surface area contributed by atoms with E-state index in [1.54, 1.807) is 6.20 Å². The molecule has 0 spiro atoms. The predicted molar refractivity (Wildman–Crippen MR) is 74.2 cm³/mol. The van der Waals surface area contributed by atoms with Gasteiger partial charge in [0.05, 0.1) is 11.1 Å². The van der Waals surface area contributed by atoms with E-state index in [-0.39, 0.29) is 6.04 Å². The second-order valence-corrected chi connectivity index (χ2v) is 5.21. The minimum atomic E-state index is -0.184. The summed E-state index contributed by atoms with van der Waals surface area (Å²) in [5.74, 6) is 0. The first-order valence-electron chi connectivity index (χ1n) is 5.20. The quantitative estimate of drug-likeness (QED) is 0.915. The van der Waals surface area contributed by atoms with Crippen LogP contribution in [0.1, 0.15) is 22.7 Å². The third-order valence-corrected chi connectivity index (χ3v) is 3.77. The monoisotopic (exact) mass is 310 g/mol. The van der Waals surface area contributed by atoms with Crippen LogP contribution in [0.3, 0.4) is 0 Å². The van der Waals surface area contributed by atoms with E-state index in [1.807, 2.05) is 37.4 Å². The number of aryl methyl sites for hydroxylation is 1. The Morgan fingerprint density at radius 2 is 2.00 bits per heavy atom. The van der Waals surface area contributed by atoms with Crippen LogP contribution in [0.5, 0.6) is 0 Å². The number of aromatic nitrogens is 1. The molecule has 88 valence electrons. The number of hydrogen-bond acceptors (Lipinski definition) is 2. The van der Waals surface area contributed by atoms with Crippen LogP contribution in [0.4, 0.5) is 0 Å². The van der Waals surface area contributed by atoms with Crippen molar-refractivity contribution in [2.75, 3.05) is 0 Å². The average molecular weight is 312 g/mol. The van der Waals surface area contributed by atoms with Gasteiger partial charge < -0.3 is 5.73 Å². The van der Waals surface area contributed by atoms with Crippen LogP contribution in [-0.4, -0.2) is 4.98 Å². The summed E-state index contributed by atoms with van der Waals surface area (Å²) >= 11 is 9.35. The van der Waals surface area contributed by atoms with Crippen molar-refractivity contribution in [1.29, 1.82) is 0 Å². The highest BCUT2D eigenvalue weighted by molar-refractivity contribution is 9.10. The zero-order valence-electron chi connectivity index (χ0n) is 9.32. The Morgan fingerprint density at radius 1 is 1.24 bits per heavy atom. The number of benzene rings is 1. The van der Waals surface area contributed by atoms with Gasteiger partial charge in [0.15, 0.2) is 0 Å². The maximum atomic E-state index is 6.20. The van der Waals surface area contributed by atoms with Gasteiger partial charge in [-0.1, -0.05) is 23.7 Å². The van der Waals surface area contributed by atoms with Crippen molar-refractivity contribution < 1.29 is 0 Å². The molecule has 0 saturated carbocycles. The summed E-state index contributed by atoms with van der Waals surface area (Å²) in [5, 5.41) is 0.684. The number of rotatable bonds is 2. The van der Waals surface area contributed by atoms with Gasteiger partial charge in [-0.05, 0) is 51.7 Å². The van der Waals surface area contributed by atoms with Gasteiger partial charge >= 0.3 is 0 Å². The number of halogens is 2. The molecule has 0 saturated heterocycles. The molecular weight excluding hydrogens is 300 g/mol. The molecule has 2 aromatic rings. The van der Waals surface area contributed by atoms with Crippen molar-refractivity contribution in [3.05, 3.63) is 62.8 Å². The molecule has 0 bridgehead atoms. The molecule has 2 nitrogen and oxygen atoms in total. The Hall–Kier alpha value is -0.900. The Balaban J connectivity index is 2.36. The molecule has 0 fully saturated rings. The lowest BCUT2D eigenvalue weighted by atomic mass is 10.0. The van der Waals surface area contributed by atoms with Gasteiger partial charge in [-0.25, -0.2) is 0 Å². The molecule has 2 N–H and O–H groups in total. The van der Waals surface area contributed by atoms with E-state index in [0.29, 0.717) is 5.02 Å². The maximum Gasteiger partial charge on any atom is 0.0567 e. The Labute approximate surface area is 114 Å². The maximum absolute atomic E-state index is 6.20. The van der Waals surface area contributed by atoms with Crippen LogP contribution >= 0.6 is 27.5 Å². The second kappa shape index (κ2) is 5.17. The Kier molecular flexibility index (Phi) is 3.82. The molecule has 1 atom stereocenters. The van der Waals surface area contributed by atoms with Gasteiger partial charge in [0.2, 0.25) is 0 Å². The fraction of sp³-hybridized carbons (Fsp3) is 0.154. The fourth-order valence-corrected chi connectivity index (χ4v) is 2.16. The van der Waals surface area contributed by atoms with E-state index in [0.717, 1.165) is 21.2 Å². The summed E-state index contributed by atoms with van der Waals surface area (Å²) in [7, 11) is 0. The first kappa shape index (κ1) is 12.6. The molecular formula is C13H12BrClN2. The van der Waals surface area contributed by atoms with E-state index in [4.69, 9.17) is 17.3 Å². The Morgan fingerprint density at radius 3 is 2.65 bits per heavy atom. The molecule has 0 aliphatic heterocycles. The van der Waals surface area contributed by atoms with Gasteiger partial charge in [-0.2, -0.15) is 0 Å². The van der Waals surface area contributed by atoms with Crippen LogP contribution < -0.4 is 5.73 Å². The largest absolute Gasteiger partial charge is 0.320 e. The molecule has 0 amide bonds. The topological polar surface area (TPSA) is 38.9 Å². The van der Waals surface area contributed by atoms with E-state index >= 15 is 0 Å². The van der Waals surface area contributed by atoms with Crippen molar-refractivity contribution in [3.8, 4) is 0 Å². The summed E-state index contributed by atoms with van der Waals surface area (Å²) in [5.41, 5.74) is 9.31. The van der Waals surface area contributed by atoms with Crippen molar-refractivity contribution in [2.24, 2.45) is 5.73 Å². The van der Waals surface area contributed by atoms with Crippen molar-refractivity contribution >= 4 is 27.5 Å². The van der Waals surface area contributed by atoms with E-state index in [9.17, 15) is 0 Å². The van der Waals surface area contributed by atoms with E-state index < -0.39 is 0 Å². The minimum Gasteiger partial charge on any atom is -0.320 e. The van der Waals surface area contributed by atoms with Crippen molar-refractivity contribution in [3.63, 3.8) is 0 Å². The SMILES string of the molecule is Cc1cncc(C(N)c2ccc(Cl)c(Br)c2)c1. The van der Waals surface area contributed by atoms with Gasteiger partial charge in [0, 0.05) is 16.9 Å². The molecule has 1 aromatic carbocycles. The highest BCUT2D eigenvalue weighted by Gasteiger charge is 2.10. The average Bonchev–Trinajstić information content (AvgIpc) is 2.32. The van der Waals surface area contributed by atoms with Crippen LogP contribution in [0, 0.1) is 6.92 Å². The molecule has 0 radical (unpaired) electrons. The van der Waals surface area contributed by atoms with Gasteiger partial charge in [0.25, 0.3) is 0 Å². The van der Waals surface area contributed by atoms with Crippen LogP contribution in [0.15, 0.2) is 41.1 Å². The van der Waals surface area contributed by atoms with Crippen LogP contribution in [0.2, 0.25) is 5.02 Å². The van der Waals surface area contributed by atoms with Crippen LogP contribution in [0.25, 0.3) is 0 Å². The Bertz CT molecular complexity index is 543. The zero-order valence-corrected chi connectivity index (χ0v) is 11.7. The molecule has 1 heterocycles. The van der Waals surface area contributed by atoms with E-state index in [2.05, 4.69) is 20.9 Å². The third-order valence-electron chi connectivity index (χ3n) is 2.56. The lowest BCUT2D eigenvalue weighted by Gasteiger charge is -2.13. The van der Waals surface area contributed by atoms with E-state index in [1.165, 1.54) is 0 Å². The summed E-state index contributed by atoms with van der Waals surface area (Å²) in [6.07, 6.45) is 3.61. The molecule has 17 heavy (non-hydrogen) atoms. The third kappa shape index (κ3) is 2.86. The second-order valence-electron chi connectivity index (χ2n) is 3.95. The highest BCUT2D eigenvalue weighted by Crippen LogP contribution is 2.27. The van der Waals surface area contributed by atoms with Gasteiger partial charge in [-0.3, -0.25) is 4.98 Å².